The Labute approximate surface area is 80.7 Å². The maximum Gasteiger partial charge on any atom is 0.278 e. The quantitative estimate of drug-likeness (QED) is 0.630. The van der Waals surface area contributed by atoms with Crippen molar-refractivity contribution in [2.75, 3.05) is 0 Å². The molecule has 0 spiro atoms. The summed E-state index contributed by atoms with van der Waals surface area (Å²) < 4.78 is 5.33. The average Bonchev–Trinajstić information content (AvgIpc) is 2.14. The molecule has 0 fully saturated rings. The predicted octanol–water partition coefficient (Wildman–Crippen LogP) is 2.02. The molecule has 3 nitrogen and oxygen atoms in total. The highest BCUT2D eigenvalue weighted by Crippen LogP contribution is 2.29. The van der Waals surface area contributed by atoms with E-state index in [1.807, 2.05) is 20.8 Å². The second-order valence-corrected chi connectivity index (χ2v) is 3.44. The number of hydrogen-bond donors (Lipinski definition) is 2. The van der Waals surface area contributed by atoms with E-state index in [9.17, 15) is 10.2 Å². The van der Waals surface area contributed by atoms with E-state index < -0.39 is 5.97 Å². The summed E-state index contributed by atoms with van der Waals surface area (Å²) in [6, 6.07) is 0. The second kappa shape index (κ2) is 4.94. The summed E-state index contributed by atoms with van der Waals surface area (Å²) >= 11 is 0. The summed E-state index contributed by atoms with van der Waals surface area (Å²) in [5.41, 5.74) is -0.389. The monoisotopic (exact) mass is 190 g/mol. The average molecular weight is 190 g/mol. The summed E-state index contributed by atoms with van der Waals surface area (Å²) in [6.45, 7) is 7.68. The molecular formula is C10H22O3. The van der Waals surface area contributed by atoms with Crippen molar-refractivity contribution in [2.45, 2.75) is 65.0 Å². The molecule has 13 heavy (non-hydrogen) atoms. The van der Waals surface area contributed by atoms with Gasteiger partial charge in [-0.1, -0.05) is 27.7 Å². The normalized spacial score (nSPS) is 13.4. The SMILES string of the molecule is CCC(O)(O)OC(CC)(CC)CC. The molecule has 0 radical (unpaired) electrons. The van der Waals surface area contributed by atoms with Crippen molar-refractivity contribution in [1.82, 2.24) is 0 Å². The lowest BCUT2D eigenvalue weighted by Gasteiger charge is -2.36. The van der Waals surface area contributed by atoms with Gasteiger partial charge in [0.25, 0.3) is 5.97 Å². The molecule has 0 bridgehead atoms. The molecule has 0 atom stereocenters. The highest BCUT2D eigenvalue weighted by molar-refractivity contribution is 4.77. The van der Waals surface area contributed by atoms with Crippen LogP contribution in [0.1, 0.15) is 53.4 Å². The van der Waals surface area contributed by atoms with E-state index in [2.05, 4.69) is 0 Å². The summed E-state index contributed by atoms with van der Waals surface area (Å²) in [6.07, 6.45) is 2.57. The van der Waals surface area contributed by atoms with Gasteiger partial charge >= 0.3 is 0 Å². The number of aliphatic hydroxyl groups is 2. The van der Waals surface area contributed by atoms with Gasteiger partial charge in [-0.15, -0.1) is 0 Å². The van der Waals surface area contributed by atoms with Crippen LogP contribution in [0.15, 0.2) is 0 Å². The van der Waals surface area contributed by atoms with Crippen molar-refractivity contribution in [3.8, 4) is 0 Å². The molecule has 0 aromatic heterocycles. The van der Waals surface area contributed by atoms with Crippen LogP contribution in [0.2, 0.25) is 0 Å². The lowest BCUT2D eigenvalue weighted by atomic mass is 9.94. The van der Waals surface area contributed by atoms with Crippen molar-refractivity contribution >= 4 is 0 Å². The molecule has 2 N–H and O–H groups in total. The topological polar surface area (TPSA) is 49.7 Å². The molecule has 0 saturated heterocycles. The third-order valence-electron chi connectivity index (χ3n) is 2.77. The van der Waals surface area contributed by atoms with Gasteiger partial charge in [-0.2, -0.15) is 0 Å². The van der Waals surface area contributed by atoms with E-state index in [0.717, 1.165) is 19.3 Å². The van der Waals surface area contributed by atoms with E-state index in [1.54, 1.807) is 6.92 Å². The number of rotatable bonds is 6. The molecule has 3 heteroatoms. The highest BCUT2D eigenvalue weighted by atomic mass is 16.8. The van der Waals surface area contributed by atoms with Gasteiger partial charge in [-0.05, 0) is 19.3 Å². The maximum absolute atomic E-state index is 9.39. The molecule has 0 aliphatic rings. The standard InChI is InChI=1S/C10H22O3/c1-5-9(6-2,7-3)13-10(11,12)8-4/h11-12H,5-8H2,1-4H3. The van der Waals surface area contributed by atoms with Crippen LogP contribution in [0.25, 0.3) is 0 Å². The van der Waals surface area contributed by atoms with Gasteiger partial charge in [0.15, 0.2) is 0 Å². The zero-order valence-corrected chi connectivity index (χ0v) is 9.13. The van der Waals surface area contributed by atoms with Crippen molar-refractivity contribution in [2.24, 2.45) is 0 Å². The lowest BCUT2D eigenvalue weighted by Crippen LogP contribution is -2.43. The molecule has 0 rings (SSSR count). The summed E-state index contributed by atoms with van der Waals surface area (Å²) in [4.78, 5) is 0. The van der Waals surface area contributed by atoms with E-state index in [0.29, 0.717) is 0 Å². The third kappa shape index (κ3) is 3.63. The van der Waals surface area contributed by atoms with E-state index in [-0.39, 0.29) is 12.0 Å². The van der Waals surface area contributed by atoms with Crippen LogP contribution < -0.4 is 0 Å². The van der Waals surface area contributed by atoms with Crippen LogP contribution >= 0.6 is 0 Å². The van der Waals surface area contributed by atoms with Gasteiger partial charge in [0.1, 0.15) is 0 Å². The minimum Gasteiger partial charge on any atom is -0.343 e. The smallest absolute Gasteiger partial charge is 0.278 e. The fraction of sp³-hybridized carbons (Fsp3) is 1.00. The first-order valence-electron chi connectivity index (χ1n) is 5.10. The largest absolute Gasteiger partial charge is 0.343 e. The summed E-state index contributed by atoms with van der Waals surface area (Å²) in [5.74, 6) is -1.97. The second-order valence-electron chi connectivity index (χ2n) is 3.44. The zero-order chi connectivity index (χ0) is 10.5. The van der Waals surface area contributed by atoms with Gasteiger partial charge in [0, 0.05) is 6.42 Å². The van der Waals surface area contributed by atoms with Crippen LogP contribution in [-0.4, -0.2) is 21.8 Å². The summed E-state index contributed by atoms with van der Waals surface area (Å²) in [7, 11) is 0. The molecule has 0 aromatic carbocycles. The third-order valence-corrected chi connectivity index (χ3v) is 2.77. The van der Waals surface area contributed by atoms with E-state index in [4.69, 9.17) is 4.74 Å². The van der Waals surface area contributed by atoms with Crippen LogP contribution in [-0.2, 0) is 4.74 Å². The highest BCUT2D eigenvalue weighted by Gasteiger charge is 2.34. The lowest BCUT2D eigenvalue weighted by molar-refractivity contribution is -0.378. The minimum absolute atomic E-state index is 0.189. The van der Waals surface area contributed by atoms with E-state index >= 15 is 0 Å². The van der Waals surface area contributed by atoms with Crippen LogP contribution in [0.3, 0.4) is 0 Å². The maximum atomic E-state index is 9.39. The van der Waals surface area contributed by atoms with Gasteiger partial charge in [0.05, 0.1) is 5.60 Å². The first-order valence-corrected chi connectivity index (χ1v) is 5.10. The molecular weight excluding hydrogens is 168 g/mol. The van der Waals surface area contributed by atoms with Gasteiger partial charge < -0.3 is 14.9 Å². The number of ether oxygens (including phenoxy) is 1. The van der Waals surface area contributed by atoms with Gasteiger partial charge in [0.2, 0.25) is 0 Å². The molecule has 0 heterocycles. The Morgan fingerprint density at radius 3 is 1.46 bits per heavy atom. The Morgan fingerprint density at radius 2 is 1.23 bits per heavy atom. The van der Waals surface area contributed by atoms with Crippen molar-refractivity contribution < 1.29 is 14.9 Å². The fourth-order valence-electron chi connectivity index (χ4n) is 1.39. The Morgan fingerprint density at radius 1 is 0.846 bits per heavy atom. The predicted molar refractivity (Wildman–Crippen MR) is 52.1 cm³/mol. The van der Waals surface area contributed by atoms with Crippen molar-refractivity contribution in [3.63, 3.8) is 0 Å². The number of hydrogen-bond acceptors (Lipinski definition) is 3. The Hall–Kier alpha value is -0.120. The van der Waals surface area contributed by atoms with Crippen molar-refractivity contribution in [1.29, 1.82) is 0 Å². The minimum atomic E-state index is -1.97. The zero-order valence-electron chi connectivity index (χ0n) is 9.13. The van der Waals surface area contributed by atoms with Crippen LogP contribution in [0, 0.1) is 0 Å². The first-order chi connectivity index (χ1) is 5.95. The van der Waals surface area contributed by atoms with Crippen molar-refractivity contribution in [3.05, 3.63) is 0 Å². The fourth-order valence-corrected chi connectivity index (χ4v) is 1.39. The Balaban J connectivity index is 4.41. The Kier molecular flexibility index (Phi) is 4.89. The molecule has 0 aromatic rings. The van der Waals surface area contributed by atoms with Gasteiger partial charge in [-0.3, -0.25) is 0 Å². The van der Waals surface area contributed by atoms with Crippen LogP contribution in [0.5, 0.6) is 0 Å². The van der Waals surface area contributed by atoms with Gasteiger partial charge in [-0.25, -0.2) is 0 Å². The molecule has 0 unspecified atom stereocenters. The molecule has 0 aliphatic heterocycles. The Bertz CT molecular complexity index is 131. The first kappa shape index (κ1) is 12.9. The van der Waals surface area contributed by atoms with Crippen LogP contribution in [0.4, 0.5) is 0 Å². The molecule has 80 valence electrons. The summed E-state index contributed by atoms with van der Waals surface area (Å²) in [5, 5.41) is 18.8. The van der Waals surface area contributed by atoms with E-state index in [1.165, 1.54) is 0 Å². The molecule has 0 aliphatic carbocycles. The molecule has 0 amide bonds. The molecule has 0 saturated carbocycles.